The minimum atomic E-state index is -0.104. The van der Waals surface area contributed by atoms with Crippen LogP contribution < -0.4 is 10.2 Å². The minimum absolute atomic E-state index is 0.0706. The summed E-state index contributed by atoms with van der Waals surface area (Å²) < 4.78 is 0. The fraction of sp³-hybridized carbons (Fsp3) is 0.263. The molecule has 1 N–H and O–H groups in total. The molecular formula is C19H22N2O2. The SMILES string of the molecule is CC(=O)N(CCC(=O)Nc1ccc(C)cc1)c1cccc(C)c1. The van der Waals surface area contributed by atoms with Gasteiger partial charge in [-0.1, -0.05) is 29.8 Å². The largest absolute Gasteiger partial charge is 0.326 e. The lowest BCUT2D eigenvalue weighted by atomic mass is 10.2. The molecule has 0 atom stereocenters. The van der Waals surface area contributed by atoms with E-state index in [-0.39, 0.29) is 18.2 Å². The summed E-state index contributed by atoms with van der Waals surface area (Å²) in [6.45, 7) is 5.85. The van der Waals surface area contributed by atoms with E-state index in [1.54, 1.807) is 4.90 Å². The lowest BCUT2D eigenvalue weighted by Crippen LogP contribution is -2.32. The van der Waals surface area contributed by atoms with Gasteiger partial charge in [0.25, 0.3) is 0 Å². The van der Waals surface area contributed by atoms with Gasteiger partial charge in [0.2, 0.25) is 11.8 Å². The van der Waals surface area contributed by atoms with Crippen molar-refractivity contribution in [3.8, 4) is 0 Å². The van der Waals surface area contributed by atoms with Crippen molar-refractivity contribution in [2.75, 3.05) is 16.8 Å². The maximum atomic E-state index is 12.1. The molecule has 0 aliphatic carbocycles. The van der Waals surface area contributed by atoms with Crippen molar-refractivity contribution >= 4 is 23.2 Å². The van der Waals surface area contributed by atoms with Crippen molar-refractivity contribution in [1.82, 2.24) is 0 Å². The predicted molar refractivity (Wildman–Crippen MR) is 93.6 cm³/mol. The average Bonchev–Trinajstić information content (AvgIpc) is 2.49. The number of carbonyl (C=O) groups is 2. The molecular weight excluding hydrogens is 288 g/mol. The van der Waals surface area contributed by atoms with E-state index in [2.05, 4.69) is 5.32 Å². The van der Waals surface area contributed by atoms with Gasteiger partial charge in [-0.3, -0.25) is 9.59 Å². The van der Waals surface area contributed by atoms with E-state index in [9.17, 15) is 9.59 Å². The summed E-state index contributed by atoms with van der Waals surface area (Å²) in [5, 5.41) is 2.85. The Kier molecular flexibility index (Phi) is 5.52. The first-order valence-corrected chi connectivity index (χ1v) is 7.67. The third-order valence-corrected chi connectivity index (χ3v) is 3.59. The third-order valence-electron chi connectivity index (χ3n) is 3.59. The highest BCUT2D eigenvalue weighted by Gasteiger charge is 2.13. The van der Waals surface area contributed by atoms with Crippen LogP contribution in [0.4, 0.5) is 11.4 Å². The Bertz CT molecular complexity index is 693. The van der Waals surface area contributed by atoms with Crippen LogP contribution >= 0.6 is 0 Å². The number of nitrogens with one attached hydrogen (secondary N) is 1. The van der Waals surface area contributed by atoms with Crippen molar-refractivity contribution < 1.29 is 9.59 Å². The molecule has 0 spiro atoms. The molecule has 2 aromatic rings. The fourth-order valence-electron chi connectivity index (χ4n) is 2.34. The van der Waals surface area contributed by atoms with Crippen LogP contribution in [0.1, 0.15) is 24.5 Å². The number of rotatable bonds is 5. The molecule has 0 unspecified atom stereocenters. The number of nitrogens with zero attached hydrogens (tertiary/aromatic N) is 1. The molecule has 0 aliphatic rings. The van der Waals surface area contributed by atoms with Crippen LogP contribution in [-0.4, -0.2) is 18.4 Å². The summed E-state index contributed by atoms with van der Waals surface area (Å²) in [5.41, 5.74) is 3.81. The summed E-state index contributed by atoms with van der Waals surface area (Å²) in [7, 11) is 0. The molecule has 0 radical (unpaired) electrons. The van der Waals surface area contributed by atoms with E-state index in [1.807, 2.05) is 62.4 Å². The van der Waals surface area contributed by atoms with E-state index in [4.69, 9.17) is 0 Å². The van der Waals surface area contributed by atoms with Crippen LogP contribution in [0.2, 0.25) is 0 Å². The molecule has 2 rings (SSSR count). The summed E-state index contributed by atoms with van der Waals surface area (Å²) >= 11 is 0. The Morgan fingerprint density at radius 2 is 1.70 bits per heavy atom. The highest BCUT2D eigenvalue weighted by Crippen LogP contribution is 2.17. The first-order valence-electron chi connectivity index (χ1n) is 7.67. The van der Waals surface area contributed by atoms with Gasteiger partial charge < -0.3 is 10.2 Å². The highest BCUT2D eigenvalue weighted by atomic mass is 16.2. The van der Waals surface area contributed by atoms with Crippen molar-refractivity contribution in [3.63, 3.8) is 0 Å². The number of aryl methyl sites for hydroxylation is 2. The molecule has 4 nitrogen and oxygen atoms in total. The number of amides is 2. The molecule has 0 bridgehead atoms. The third kappa shape index (κ3) is 4.95. The van der Waals surface area contributed by atoms with Crippen molar-refractivity contribution in [3.05, 3.63) is 59.7 Å². The Balaban J connectivity index is 1.97. The predicted octanol–water partition coefficient (Wildman–Crippen LogP) is 3.69. The summed E-state index contributed by atoms with van der Waals surface area (Å²) in [6.07, 6.45) is 0.251. The van der Waals surface area contributed by atoms with Crippen molar-refractivity contribution in [2.45, 2.75) is 27.2 Å². The summed E-state index contributed by atoms with van der Waals surface area (Å²) in [6, 6.07) is 15.4. The number of hydrogen-bond donors (Lipinski definition) is 1. The average molecular weight is 310 g/mol. The van der Waals surface area contributed by atoms with Gasteiger partial charge in [0.15, 0.2) is 0 Å². The van der Waals surface area contributed by atoms with Gasteiger partial charge in [-0.2, -0.15) is 0 Å². The Hall–Kier alpha value is -2.62. The van der Waals surface area contributed by atoms with E-state index >= 15 is 0 Å². The number of hydrogen-bond acceptors (Lipinski definition) is 2. The fourth-order valence-corrected chi connectivity index (χ4v) is 2.34. The molecule has 4 heteroatoms. The first kappa shape index (κ1) is 16.7. The summed E-state index contributed by atoms with van der Waals surface area (Å²) in [4.78, 5) is 25.6. The van der Waals surface area contributed by atoms with Crippen LogP contribution in [0.5, 0.6) is 0 Å². The monoisotopic (exact) mass is 310 g/mol. The second-order valence-corrected chi connectivity index (χ2v) is 5.67. The van der Waals surface area contributed by atoms with Gasteiger partial charge >= 0.3 is 0 Å². The molecule has 0 heterocycles. The minimum Gasteiger partial charge on any atom is -0.326 e. The molecule has 0 aliphatic heterocycles. The van der Waals surface area contributed by atoms with E-state index in [0.717, 1.165) is 22.5 Å². The zero-order valence-electron chi connectivity index (χ0n) is 13.8. The summed E-state index contributed by atoms with van der Waals surface area (Å²) in [5.74, 6) is -0.175. The van der Waals surface area contributed by atoms with Crippen LogP contribution in [0.25, 0.3) is 0 Å². The van der Waals surface area contributed by atoms with Crippen LogP contribution in [0, 0.1) is 13.8 Å². The molecule has 23 heavy (non-hydrogen) atoms. The van der Waals surface area contributed by atoms with E-state index < -0.39 is 0 Å². The quantitative estimate of drug-likeness (QED) is 0.915. The van der Waals surface area contributed by atoms with Gasteiger partial charge in [-0.05, 0) is 43.7 Å². The van der Waals surface area contributed by atoms with E-state index in [0.29, 0.717) is 6.54 Å². The first-order chi connectivity index (χ1) is 11.0. The van der Waals surface area contributed by atoms with Crippen molar-refractivity contribution in [2.24, 2.45) is 0 Å². The highest BCUT2D eigenvalue weighted by molar-refractivity contribution is 5.94. The molecule has 0 saturated heterocycles. The van der Waals surface area contributed by atoms with Gasteiger partial charge in [0.05, 0.1) is 0 Å². The Labute approximate surface area is 137 Å². The lowest BCUT2D eigenvalue weighted by molar-refractivity contribution is -0.117. The van der Waals surface area contributed by atoms with Crippen molar-refractivity contribution in [1.29, 1.82) is 0 Å². The molecule has 0 fully saturated rings. The van der Waals surface area contributed by atoms with E-state index in [1.165, 1.54) is 6.92 Å². The molecule has 2 amide bonds. The normalized spacial score (nSPS) is 10.2. The van der Waals surface area contributed by atoms with Gasteiger partial charge in [0, 0.05) is 31.3 Å². The van der Waals surface area contributed by atoms with Crippen LogP contribution in [-0.2, 0) is 9.59 Å². The Morgan fingerprint density at radius 3 is 2.30 bits per heavy atom. The van der Waals surface area contributed by atoms with Gasteiger partial charge in [-0.15, -0.1) is 0 Å². The standard InChI is InChI=1S/C19H22N2O2/c1-14-7-9-17(10-8-14)20-19(23)11-12-21(16(3)22)18-6-4-5-15(2)13-18/h4-10,13H,11-12H2,1-3H3,(H,20,23). The number of benzene rings is 2. The maximum Gasteiger partial charge on any atom is 0.226 e. The topological polar surface area (TPSA) is 49.4 Å². The number of carbonyl (C=O) groups excluding carboxylic acids is 2. The zero-order chi connectivity index (χ0) is 16.8. The van der Waals surface area contributed by atoms with Gasteiger partial charge in [0.1, 0.15) is 0 Å². The lowest BCUT2D eigenvalue weighted by Gasteiger charge is -2.21. The molecule has 0 saturated carbocycles. The van der Waals surface area contributed by atoms with Crippen LogP contribution in [0.3, 0.4) is 0 Å². The number of anilines is 2. The maximum absolute atomic E-state index is 12.1. The second kappa shape index (κ2) is 7.58. The molecule has 2 aromatic carbocycles. The molecule has 0 aromatic heterocycles. The zero-order valence-corrected chi connectivity index (χ0v) is 13.8. The Morgan fingerprint density at radius 1 is 1.00 bits per heavy atom. The smallest absolute Gasteiger partial charge is 0.226 e. The second-order valence-electron chi connectivity index (χ2n) is 5.67. The van der Waals surface area contributed by atoms with Crippen LogP contribution in [0.15, 0.2) is 48.5 Å². The van der Waals surface area contributed by atoms with Gasteiger partial charge in [-0.25, -0.2) is 0 Å². The molecule has 120 valence electrons.